The molecule has 23 heavy (non-hydrogen) atoms. The molecule has 0 aliphatic heterocycles. The van der Waals surface area contributed by atoms with Crippen molar-refractivity contribution in [3.05, 3.63) is 18.2 Å². The van der Waals surface area contributed by atoms with Gasteiger partial charge in [0.15, 0.2) is 5.16 Å². The van der Waals surface area contributed by atoms with Crippen LogP contribution in [0.15, 0.2) is 28.3 Å². The molecule has 0 fully saturated rings. The van der Waals surface area contributed by atoms with Crippen LogP contribution < -0.4 is 5.14 Å². The van der Waals surface area contributed by atoms with Crippen LogP contribution in [0.1, 0.15) is 20.8 Å². The fraction of sp³-hybridized carbons (Fsp3) is 0.429. The number of hydrogen-bond donors (Lipinski definition) is 1. The lowest BCUT2D eigenvalue weighted by Crippen LogP contribution is -2.17. The summed E-state index contributed by atoms with van der Waals surface area (Å²) in [6.45, 7) is 6.42. The van der Waals surface area contributed by atoms with Gasteiger partial charge in [0, 0.05) is 6.54 Å². The summed E-state index contributed by atoms with van der Waals surface area (Å²) in [5.41, 5.74) is 1.32. The summed E-state index contributed by atoms with van der Waals surface area (Å²) < 4.78 is 29.8. The molecule has 1 aromatic heterocycles. The van der Waals surface area contributed by atoms with Crippen LogP contribution in [-0.2, 0) is 26.1 Å². The number of sulfonamides is 1. The van der Waals surface area contributed by atoms with Gasteiger partial charge in [-0.05, 0) is 39.0 Å². The lowest BCUT2D eigenvalue weighted by atomic mass is 10.3. The molecule has 7 nitrogen and oxygen atoms in total. The van der Waals surface area contributed by atoms with Gasteiger partial charge >= 0.3 is 5.97 Å². The minimum absolute atomic E-state index is 0.0146. The number of carbonyl (C=O) groups is 1. The molecule has 0 aliphatic rings. The normalized spacial score (nSPS) is 13.2. The summed E-state index contributed by atoms with van der Waals surface area (Å²) in [4.78, 5) is 16.2. The van der Waals surface area contributed by atoms with Gasteiger partial charge in [-0.3, -0.25) is 4.79 Å². The van der Waals surface area contributed by atoms with Gasteiger partial charge in [0.25, 0.3) is 0 Å². The molecule has 9 heteroatoms. The predicted octanol–water partition coefficient (Wildman–Crippen LogP) is 1.75. The second-order valence-electron chi connectivity index (χ2n) is 4.85. The molecule has 0 saturated carbocycles. The van der Waals surface area contributed by atoms with Crippen LogP contribution in [0.4, 0.5) is 0 Å². The molecule has 0 amide bonds. The van der Waals surface area contributed by atoms with Gasteiger partial charge in [0.2, 0.25) is 10.0 Å². The zero-order chi connectivity index (χ0) is 17.2. The van der Waals surface area contributed by atoms with Crippen LogP contribution in [0.25, 0.3) is 11.0 Å². The van der Waals surface area contributed by atoms with Crippen LogP contribution in [0, 0.1) is 0 Å². The van der Waals surface area contributed by atoms with Crippen LogP contribution in [-0.4, -0.2) is 35.8 Å². The lowest BCUT2D eigenvalue weighted by molar-refractivity contribution is -0.142. The Hall–Kier alpha value is -1.58. The van der Waals surface area contributed by atoms with Crippen molar-refractivity contribution in [2.75, 3.05) is 6.61 Å². The molecular formula is C14H19N3O4S2. The molecule has 0 spiro atoms. The average Bonchev–Trinajstić information content (AvgIpc) is 2.82. The maximum absolute atomic E-state index is 11.8. The van der Waals surface area contributed by atoms with Crippen molar-refractivity contribution in [3.8, 4) is 0 Å². The molecule has 2 rings (SSSR count). The monoisotopic (exact) mass is 357 g/mol. The molecule has 1 aromatic carbocycles. The summed E-state index contributed by atoms with van der Waals surface area (Å²) in [7, 11) is -3.78. The number of thioether (sulfide) groups is 1. The number of hydrogen-bond acceptors (Lipinski definition) is 6. The number of carbonyl (C=O) groups excluding carboxylic acids is 1. The second-order valence-corrected chi connectivity index (χ2v) is 7.72. The van der Waals surface area contributed by atoms with E-state index in [2.05, 4.69) is 4.98 Å². The van der Waals surface area contributed by atoms with Gasteiger partial charge in [-0.1, -0.05) is 11.8 Å². The van der Waals surface area contributed by atoms with Gasteiger partial charge in [0.1, 0.15) is 5.25 Å². The standard InChI is InChI=1S/C14H19N3O4S2/c1-4-17-12-7-6-10(23(15,19)20)8-11(12)16-14(17)22-9(3)13(18)21-5-2/h6-9H,4-5H2,1-3H3,(H2,15,19,20). The molecule has 0 radical (unpaired) electrons. The van der Waals surface area contributed by atoms with Crippen LogP contribution >= 0.6 is 11.8 Å². The fourth-order valence-electron chi connectivity index (χ4n) is 2.13. The molecule has 0 saturated heterocycles. The Morgan fingerprint density at radius 1 is 1.43 bits per heavy atom. The van der Waals surface area contributed by atoms with Gasteiger partial charge in [-0.15, -0.1) is 0 Å². The van der Waals surface area contributed by atoms with E-state index < -0.39 is 15.3 Å². The largest absolute Gasteiger partial charge is 0.465 e. The highest BCUT2D eigenvalue weighted by atomic mass is 32.2. The Morgan fingerprint density at radius 3 is 2.70 bits per heavy atom. The quantitative estimate of drug-likeness (QED) is 0.624. The van der Waals surface area contributed by atoms with Crippen molar-refractivity contribution in [1.82, 2.24) is 9.55 Å². The molecule has 1 atom stereocenters. The highest BCUT2D eigenvalue weighted by Gasteiger charge is 2.20. The van der Waals surface area contributed by atoms with E-state index in [1.807, 2.05) is 11.5 Å². The predicted molar refractivity (Wildman–Crippen MR) is 88.7 cm³/mol. The van der Waals surface area contributed by atoms with Gasteiger partial charge in [-0.2, -0.15) is 0 Å². The molecule has 1 unspecified atom stereocenters. The number of benzene rings is 1. The molecule has 0 aliphatic carbocycles. The first kappa shape index (κ1) is 17.8. The first-order valence-electron chi connectivity index (χ1n) is 7.14. The Morgan fingerprint density at radius 2 is 2.13 bits per heavy atom. The molecular weight excluding hydrogens is 338 g/mol. The number of primary sulfonamides is 1. The van der Waals surface area contributed by atoms with Crippen LogP contribution in [0.5, 0.6) is 0 Å². The summed E-state index contributed by atoms with van der Waals surface area (Å²) in [6, 6.07) is 4.56. The minimum atomic E-state index is -3.78. The summed E-state index contributed by atoms with van der Waals surface area (Å²) in [6.07, 6.45) is 0. The van der Waals surface area contributed by atoms with Crippen LogP contribution in [0.3, 0.4) is 0 Å². The van der Waals surface area contributed by atoms with E-state index in [1.54, 1.807) is 19.9 Å². The number of fused-ring (bicyclic) bond motifs is 1. The van der Waals surface area contributed by atoms with Gasteiger partial charge < -0.3 is 9.30 Å². The van der Waals surface area contributed by atoms with E-state index in [1.165, 1.54) is 23.9 Å². The highest BCUT2D eigenvalue weighted by molar-refractivity contribution is 8.00. The molecule has 2 N–H and O–H groups in total. The Balaban J connectivity index is 2.42. The zero-order valence-electron chi connectivity index (χ0n) is 13.1. The van der Waals surface area contributed by atoms with Gasteiger partial charge in [-0.25, -0.2) is 18.5 Å². The van der Waals surface area contributed by atoms with Crippen LogP contribution in [0.2, 0.25) is 0 Å². The maximum Gasteiger partial charge on any atom is 0.319 e. The third kappa shape index (κ3) is 3.85. The van der Waals surface area contributed by atoms with E-state index in [-0.39, 0.29) is 10.9 Å². The smallest absolute Gasteiger partial charge is 0.319 e. The molecule has 1 heterocycles. The Bertz CT molecular complexity index is 830. The minimum Gasteiger partial charge on any atom is -0.465 e. The summed E-state index contributed by atoms with van der Waals surface area (Å²) in [5.74, 6) is -0.308. The van der Waals surface area contributed by atoms with E-state index in [4.69, 9.17) is 9.88 Å². The van der Waals surface area contributed by atoms with E-state index >= 15 is 0 Å². The van der Waals surface area contributed by atoms with E-state index in [9.17, 15) is 13.2 Å². The van der Waals surface area contributed by atoms with Gasteiger partial charge in [0.05, 0.1) is 22.5 Å². The average molecular weight is 357 g/mol. The molecule has 0 bridgehead atoms. The molecule has 126 valence electrons. The number of aromatic nitrogens is 2. The Labute approximate surface area is 139 Å². The van der Waals surface area contributed by atoms with E-state index in [0.717, 1.165) is 5.52 Å². The highest BCUT2D eigenvalue weighted by Crippen LogP contribution is 2.28. The lowest BCUT2D eigenvalue weighted by Gasteiger charge is -2.10. The van der Waals surface area contributed by atoms with Crippen molar-refractivity contribution < 1.29 is 17.9 Å². The summed E-state index contributed by atoms with van der Waals surface area (Å²) in [5, 5.41) is 5.38. The number of nitrogens with two attached hydrogens (primary N) is 1. The number of imidazole rings is 1. The second kappa shape index (κ2) is 6.90. The summed E-state index contributed by atoms with van der Waals surface area (Å²) >= 11 is 1.28. The third-order valence-electron chi connectivity index (χ3n) is 3.23. The fourth-order valence-corrected chi connectivity index (χ4v) is 3.65. The number of esters is 1. The number of nitrogens with zero attached hydrogens (tertiary/aromatic N) is 2. The van der Waals surface area contributed by atoms with Crippen molar-refractivity contribution in [2.45, 2.75) is 42.6 Å². The SMILES string of the molecule is CCOC(=O)C(C)Sc1nc2cc(S(N)(=O)=O)ccc2n1CC. The maximum atomic E-state index is 11.8. The first-order valence-corrected chi connectivity index (χ1v) is 9.56. The van der Waals surface area contributed by atoms with E-state index in [0.29, 0.717) is 23.8 Å². The first-order chi connectivity index (χ1) is 10.8. The number of aryl methyl sites for hydroxylation is 1. The van der Waals surface area contributed by atoms with Crippen molar-refractivity contribution in [1.29, 1.82) is 0 Å². The molecule has 2 aromatic rings. The third-order valence-corrected chi connectivity index (χ3v) is 5.21. The van der Waals surface area contributed by atoms with Crippen molar-refractivity contribution in [3.63, 3.8) is 0 Å². The number of rotatable bonds is 6. The Kier molecular flexibility index (Phi) is 5.33. The number of ether oxygens (including phenoxy) is 1. The topological polar surface area (TPSA) is 104 Å². The van der Waals surface area contributed by atoms with Crippen molar-refractivity contribution in [2.24, 2.45) is 5.14 Å². The van der Waals surface area contributed by atoms with Crippen molar-refractivity contribution >= 4 is 38.8 Å². The zero-order valence-corrected chi connectivity index (χ0v) is 14.8.